The summed E-state index contributed by atoms with van der Waals surface area (Å²) in [5.74, 6) is -0.0399. The van der Waals surface area contributed by atoms with Crippen LogP contribution in [0.4, 0.5) is 0 Å². The Kier molecular flexibility index (Phi) is 2.95. The standard InChI is InChI=1S/C21H17N3O/c25-20(15-8-9-18-19(12-15)23-13-22-18)24-21(10-11-21)17-7-3-5-14-4-1-2-6-16(14)17/h1-9,12-13H,10-11H2,(H,22,23)(H,24,25). The Hall–Kier alpha value is -3.14. The number of benzene rings is 3. The van der Waals surface area contributed by atoms with Gasteiger partial charge in [-0.2, -0.15) is 0 Å². The molecule has 2 N–H and O–H groups in total. The molecular weight excluding hydrogens is 310 g/mol. The Balaban J connectivity index is 1.51. The van der Waals surface area contributed by atoms with Crippen molar-refractivity contribution in [2.75, 3.05) is 0 Å². The quantitative estimate of drug-likeness (QED) is 0.594. The van der Waals surface area contributed by atoms with Gasteiger partial charge < -0.3 is 10.3 Å². The molecule has 4 heteroatoms. The number of fused-ring (bicyclic) bond motifs is 2. The Morgan fingerprint density at radius 3 is 2.76 bits per heavy atom. The lowest BCUT2D eigenvalue weighted by Crippen LogP contribution is -2.35. The topological polar surface area (TPSA) is 57.8 Å². The number of aromatic nitrogens is 2. The molecule has 0 spiro atoms. The minimum Gasteiger partial charge on any atom is -0.345 e. The number of rotatable bonds is 3. The third-order valence-corrected chi connectivity index (χ3v) is 5.09. The van der Waals surface area contributed by atoms with E-state index in [1.165, 1.54) is 16.3 Å². The summed E-state index contributed by atoms with van der Waals surface area (Å²) in [5, 5.41) is 5.70. The largest absolute Gasteiger partial charge is 0.345 e. The van der Waals surface area contributed by atoms with Gasteiger partial charge in [0, 0.05) is 5.56 Å². The van der Waals surface area contributed by atoms with Gasteiger partial charge in [0.2, 0.25) is 0 Å². The van der Waals surface area contributed by atoms with E-state index in [2.05, 4.69) is 51.7 Å². The van der Waals surface area contributed by atoms with Gasteiger partial charge in [-0.3, -0.25) is 4.79 Å². The molecule has 1 aliphatic carbocycles. The fraction of sp³-hybridized carbons (Fsp3) is 0.143. The van der Waals surface area contributed by atoms with E-state index < -0.39 is 0 Å². The molecule has 122 valence electrons. The van der Waals surface area contributed by atoms with Crippen LogP contribution in [0.2, 0.25) is 0 Å². The van der Waals surface area contributed by atoms with Gasteiger partial charge in [-0.25, -0.2) is 4.98 Å². The summed E-state index contributed by atoms with van der Waals surface area (Å²) >= 11 is 0. The Labute approximate surface area is 144 Å². The minimum atomic E-state index is -0.249. The summed E-state index contributed by atoms with van der Waals surface area (Å²) in [6.07, 6.45) is 3.59. The number of nitrogens with zero attached hydrogens (tertiary/aromatic N) is 1. The summed E-state index contributed by atoms with van der Waals surface area (Å²) in [7, 11) is 0. The second kappa shape index (κ2) is 5.18. The van der Waals surface area contributed by atoms with Crippen molar-refractivity contribution >= 4 is 27.7 Å². The molecule has 0 bridgehead atoms. The first-order valence-corrected chi connectivity index (χ1v) is 8.49. The van der Waals surface area contributed by atoms with Gasteiger partial charge in [0.25, 0.3) is 5.91 Å². The highest BCUT2D eigenvalue weighted by Gasteiger charge is 2.46. The molecule has 0 atom stereocenters. The van der Waals surface area contributed by atoms with Crippen LogP contribution in [0.5, 0.6) is 0 Å². The monoisotopic (exact) mass is 327 g/mol. The number of carbonyl (C=O) groups excluding carboxylic acids is 1. The van der Waals surface area contributed by atoms with Crippen molar-refractivity contribution < 1.29 is 4.79 Å². The third-order valence-electron chi connectivity index (χ3n) is 5.09. The molecule has 1 amide bonds. The number of amides is 1. The summed E-state index contributed by atoms with van der Waals surface area (Å²) in [6.45, 7) is 0. The predicted molar refractivity (Wildman–Crippen MR) is 98.4 cm³/mol. The highest BCUT2D eigenvalue weighted by molar-refractivity contribution is 5.98. The molecule has 4 nitrogen and oxygen atoms in total. The Morgan fingerprint density at radius 2 is 1.88 bits per heavy atom. The van der Waals surface area contributed by atoms with Crippen molar-refractivity contribution in [1.82, 2.24) is 15.3 Å². The van der Waals surface area contributed by atoms with Gasteiger partial charge in [-0.05, 0) is 47.4 Å². The van der Waals surface area contributed by atoms with Crippen LogP contribution >= 0.6 is 0 Å². The molecule has 0 radical (unpaired) electrons. The van der Waals surface area contributed by atoms with E-state index in [1.54, 1.807) is 6.33 Å². The van der Waals surface area contributed by atoms with Gasteiger partial charge in [0.05, 0.1) is 22.9 Å². The highest BCUT2D eigenvalue weighted by Crippen LogP contribution is 2.48. The zero-order valence-electron chi connectivity index (χ0n) is 13.6. The van der Waals surface area contributed by atoms with E-state index in [-0.39, 0.29) is 11.4 Å². The highest BCUT2D eigenvalue weighted by atomic mass is 16.1. The number of aromatic amines is 1. The third kappa shape index (κ3) is 2.30. The number of hydrogen-bond donors (Lipinski definition) is 2. The molecule has 1 aromatic heterocycles. The zero-order valence-corrected chi connectivity index (χ0v) is 13.6. The summed E-state index contributed by atoms with van der Waals surface area (Å²) < 4.78 is 0. The molecule has 0 unspecified atom stereocenters. The van der Waals surface area contributed by atoms with Crippen molar-refractivity contribution in [3.8, 4) is 0 Å². The van der Waals surface area contributed by atoms with E-state index in [1.807, 2.05) is 24.3 Å². The molecule has 1 saturated carbocycles. The lowest BCUT2D eigenvalue weighted by atomic mass is 9.96. The Bertz CT molecular complexity index is 1100. The average Bonchev–Trinajstić information content (AvgIpc) is 3.27. The molecule has 0 saturated heterocycles. The van der Waals surface area contributed by atoms with Crippen LogP contribution in [0.3, 0.4) is 0 Å². The van der Waals surface area contributed by atoms with Crippen LogP contribution in [0, 0.1) is 0 Å². The Morgan fingerprint density at radius 1 is 1.04 bits per heavy atom. The first-order chi connectivity index (χ1) is 12.3. The first kappa shape index (κ1) is 14.2. The smallest absolute Gasteiger partial charge is 0.252 e. The van der Waals surface area contributed by atoms with Gasteiger partial charge in [-0.15, -0.1) is 0 Å². The maximum absolute atomic E-state index is 12.8. The predicted octanol–water partition coefficient (Wildman–Crippen LogP) is 4.14. The van der Waals surface area contributed by atoms with Crippen LogP contribution in [-0.4, -0.2) is 15.9 Å². The molecule has 0 aliphatic heterocycles. The first-order valence-electron chi connectivity index (χ1n) is 8.49. The molecule has 1 aliphatic rings. The maximum atomic E-state index is 12.8. The van der Waals surface area contributed by atoms with Crippen LogP contribution in [0.15, 0.2) is 67.0 Å². The van der Waals surface area contributed by atoms with Crippen LogP contribution in [-0.2, 0) is 5.54 Å². The second-order valence-electron chi connectivity index (χ2n) is 6.70. The molecule has 25 heavy (non-hydrogen) atoms. The van der Waals surface area contributed by atoms with Crippen LogP contribution in [0.25, 0.3) is 21.8 Å². The van der Waals surface area contributed by atoms with Crippen molar-refractivity contribution in [2.45, 2.75) is 18.4 Å². The summed E-state index contributed by atoms with van der Waals surface area (Å²) in [4.78, 5) is 20.1. The van der Waals surface area contributed by atoms with Crippen molar-refractivity contribution in [3.63, 3.8) is 0 Å². The zero-order chi connectivity index (χ0) is 16.9. The number of carbonyl (C=O) groups is 1. The normalized spacial score (nSPS) is 15.4. The molecule has 3 aromatic carbocycles. The van der Waals surface area contributed by atoms with E-state index in [0.717, 1.165) is 23.9 Å². The SMILES string of the molecule is O=C(NC1(c2cccc3ccccc23)CC1)c1ccc2nc[nH]c2c1. The van der Waals surface area contributed by atoms with Crippen LogP contribution < -0.4 is 5.32 Å². The van der Waals surface area contributed by atoms with Gasteiger partial charge in [0.15, 0.2) is 0 Å². The number of hydrogen-bond acceptors (Lipinski definition) is 2. The van der Waals surface area contributed by atoms with Crippen molar-refractivity contribution in [1.29, 1.82) is 0 Å². The molecular formula is C21H17N3O. The number of nitrogens with one attached hydrogen (secondary N) is 2. The second-order valence-corrected chi connectivity index (χ2v) is 6.70. The van der Waals surface area contributed by atoms with Gasteiger partial charge in [0.1, 0.15) is 0 Å². The summed E-state index contributed by atoms with van der Waals surface area (Å²) in [6, 6.07) is 20.2. The lowest BCUT2D eigenvalue weighted by molar-refractivity contribution is 0.0931. The fourth-order valence-electron chi connectivity index (χ4n) is 3.60. The molecule has 4 aromatic rings. The molecule has 5 rings (SSSR count). The maximum Gasteiger partial charge on any atom is 0.252 e. The van der Waals surface area contributed by atoms with E-state index in [4.69, 9.17) is 0 Å². The van der Waals surface area contributed by atoms with Gasteiger partial charge >= 0.3 is 0 Å². The van der Waals surface area contributed by atoms with E-state index in [9.17, 15) is 4.79 Å². The minimum absolute atomic E-state index is 0.0399. The average molecular weight is 327 g/mol. The fourth-order valence-corrected chi connectivity index (χ4v) is 3.60. The van der Waals surface area contributed by atoms with Crippen molar-refractivity contribution in [3.05, 3.63) is 78.1 Å². The lowest BCUT2D eigenvalue weighted by Gasteiger charge is -2.20. The van der Waals surface area contributed by atoms with Gasteiger partial charge in [-0.1, -0.05) is 42.5 Å². The van der Waals surface area contributed by atoms with E-state index in [0.29, 0.717) is 5.56 Å². The van der Waals surface area contributed by atoms with Crippen molar-refractivity contribution in [2.24, 2.45) is 0 Å². The molecule has 1 heterocycles. The van der Waals surface area contributed by atoms with E-state index >= 15 is 0 Å². The number of imidazole rings is 1. The van der Waals surface area contributed by atoms with Crippen LogP contribution in [0.1, 0.15) is 28.8 Å². The summed E-state index contributed by atoms with van der Waals surface area (Å²) in [5.41, 5.74) is 3.36. The number of H-pyrrole nitrogens is 1. The molecule has 1 fully saturated rings.